The molecule has 1 unspecified atom stereocenters. The summed E-state index contributed by atoms with van der Waals surface area (Å²) in [6.45, 7) is 0.703. The van der Waals surface area contributed by atoms with Crippen LogP contribution in [-0.4, -0.2) is 37.8 Å². The van der Waals surface area contributed by atoms with Crippen molar-refractivity contribution >= 4 is 26.0 Å². The Hall–Kier alpha value is 0.350. The fourth-order valence-electron chi connectivity index (χ4n) is 2.49. The highest BCUT2D eigenvalue weighted by atomic mass is 79.9. The Kier molecular flexibility index (Phi) is 4.86. The number of halogens is 1. The van der Waals surface area contributed by atoms with E-state index in [4.69, 9.17) is 4.74 Å². The summed E-state index contributed by atoms with van der Waals surface area (Å²) in [5, 5.41) is 0. The van der Waals surface area contributed by atoms with Gasteiger partial charge >= 0.3 is 0 Å². The molecule has 4 nitrogen and oxygen atoms in total. The molecule has 1 saturated carbocycles. The zero-order valence-electron chi connectivity index (χ0n) is 9.90. The molecule has 100 valence electrons. The number of sulfonamides is 1. The molecule has 1 N–H and O–H groups in total. The van der Waals surface area contributed by atoms with Crippen LogP contribution in [0.4, 0.5) is 0 Å². The molecule has 1 aliphatic carbocycles. The monoisotopic (exact) mass is 325 g/mol. The molecule has 1 aliphatic heterocycles. The maximum absolute atomic E-state index is 11.9. The van der Waals surface area contributed by atoms with Gasteiger partial charge in [-0.3, -0.25) is 0 Å². The molecule has 0 amide bonds. The molecule has 6 heteroatoms. The summed E-state index contributed by atoms with van der Waals surface area (Å²) < 4.78 is 32.0. The predicted molar refractivity (Wildman–Crippen MR) is 70.9 cm³/mol. The molecule has 1 heterocycles. The summed E-state index contributed by atoms with van der Waals surface area (Å²) in [7, 11) is -3.17. The summed E-state index contributed by atoms with van der Waals surface area (Å²) in [5.74, 6) is 0.126. The van der Waals surface area contributed by atoms with Crippen LogP contribution in [0.25, 0.3) is 0 Å². The molecule has 1 atom stereocenters. The zero-order valence-corrected chi connectivity index (χ0v) is 12.3. The average Bonchev–Trinajstić information content (AvgIpc) is 2.73. The van der Waals surface area contributed by atoms with Crippen molar-refractivity contribution in [3.63, 3.8) is 0 Å². The van der Waals surface area contributed by atoms with Gasteiger partial charge in [0.1, 0.15) is 0 Å². The second kappa shape index (κ2) is 5.99. The van der Waals surface area contributed by atoms with E-state index in [1.165, 1.54) is 0 Å². The van der Waals surface area contributed by atoms with Crippen LogP contribution in [0, 0.1) is 0 Å². The van der Waals surface area contributed by atoms with Gasteiger partial charge in [-0.25, -0.2) is 13.1 Å². The fourth-order valence-corrected chi connectivity index (χ4v) is 4.61. The average molecular weight is 326 g/mol. The second-order valence-corrected chi connectivity index (χ2v) is 8.08. The number of alkyl halides is 1. The molecule has 1 saturated heterocycles. The molecule has 0 spiro atoms. The van der Waals surface area contributed by atoms with E-state index < -0.39 is 10.0 Å². The highest BCUT2D eigenvalue weighted by Gasteiger charge is 2.27. The lowest BCUT2D eigenvalue weighted by molar-refractivity contribution is 0.127. The van der Waals surface area contributed by atoms with Crippen LogP contribution in [0.3, 0.4) is 0 Å². The van der Waals surface area contributed by atoms with E-state index in [1.807, 2.05) is 0 Å². The topological polar surface area (TPSA) is 55.4 Å². The molecule has 0 aromatic carbocycles. The van der Waals surface area contributed by atoms with Crippen molar-refractivity contribution in [2.75, 3.05) is 12.4 Å². The normalized spacial score (nSPS) is 35.0. The molecular formula is C11H20BrNO3S. The van der Waals surface area contributed by atoms with Crippen LogP contribution >= 0.6 is 15.9 Å². The van der Waals surface area contributed by atoms with Gasteiger partial charge in [0.15, 0.2) is 0 Å². The molecule has 0 aromatic rings. The number of hydrogen-bond donors (Lipinski definition) is 1. The predicted octanol–water partition coefficient (Wildman–Crippen LogP) is 1.79. The van der Waals surface area contributed by atoms with Gasteiger partial charge in [-0.1, -0.05) is 15.9 Å². The van der Waals surface area contributed by atoms with Crippen LogP contribution in [0.1, 0.15) is 38.5 Å². The van der Waals surface area contributed by atoms with Crippen molar-refractivity contribution in [2.24, 2.45) is 0 Å². The molecular weight excluding hydrogens is 306 g/mol. The summed E-state index contributed by atoms with van der Waals surface area (Å²) >= 11 is 3.57. The smallest absolute Gasteiger partial charge is 0.214 e. The van der Waals surface area contributed by atoms with Gasteiger partial charge in [-0.05, 0) is 38.5 Å². The molecule has 2 fully saturated rings. The third kappa shape index (κ3) is 4.50. The van der Waals surface area contributed by atoms with Crippen molar-refractivity contribution in [3.8, 4) is 0 Å². The minimum Gasteiger partial charge on any atom is -0.377 e. The van der Waals surface area contributed by atoms with Gasteiger partial charge in [-0.2, -0.15) is 0 Å². The quantitative estimate of drug-likeness (QED) is 0.802. The van der Waals surface area contributed by atoms with Gasteiger partial charge < -0.3 is 4.74 Å². The molecule has 0 radical (unpaired) electrons. The van der Waals surface area contributed by atoms with Gasteiger partial charge in [0.25, 0.3) is 0 Å². The van der Waals surface area contributed by atoms with Crippen molar-refractivity contribution in [3.05, 3.63) is 0 Å². The van der Waals surface area contributed by atoms with Crippen molar-refractivity contribution in [2.45, 2.75) is 55.5 Å². The van der Waals surface area contributed by atoms with Gasteiger partial charge in [0.05, 0.1) is 11.9 Å². The van der Waals surface area contributed by atoms with Crippen LogP contribution in [0.15, 0.2) is 0 Å². The van der Waals surface area contributed by atoms with E-state index in [0.717, 1.165) is 38.5 Å². The minimum absolute atomic E-state index is 0.0972. The second-order valence-electron chi connectivity index (χ2n) is 4.98. The van der Waals surface area contributed by atoms with Crippen molar-refractivity contribution < 1.29 is 13.2 Å². The first-order valence-corrected chi connectivity index (χ1v) is 8.87. The number of nitrogens with one attached hydrogen (secondary N) is 1. The Labute approximate surface area is 112 Å². The third-order valence-electron chi connectivity index (χ3n) is 3.43. The third-order valence-corrected chi connectivity index (χ3v) is 5.85. The SMILES string of the molecule is O=S(=O)(CC1CCCO1)NC1CCC(Br)CC1. The maximum Gasteiger partial charge on any atom is 0.214 e. The number of rotatable bonds is 4. The van der Waals surface area contributed by atoms with Crippen LogP contribution < -0.4 is 4.72 Å². The summed E-state index contributed by atoms with van der Waals surface area (Å²) in [4.78, 5) is 0.557. The van der Waals surface area contributed by atoms with Crippen LogP contribution in [0.5, 0.6) is 0 Å². The molecule has 2 aliphatic rings. The van der Waals surface area contributed by atoms with Gasteiger partial charge in [0.2, 0.25) is 10.0 Å². The van der Waals surface area contributed by atoms with E-state index in [1.54, 1.807) is 0 Å². The Morgan fingerprint density at radius 1 is 1.18 bits per heavy atom. The molecule has 0 aromatic heterocycles. The lowest BCUT2D eigenvalue weighted by Gasteiger charge is -2.26. The highest BCUT2D eigenvalue weighted by Crippen LogP contribution is 2.25. The van der Waals surface area contributed by atoms with E-state index in [2.05, 4.69) is 20.7 Å². The first-order valence-electron chi connectivity index (χ1n) is 6.31. The lowest BCUT2D eigenvalue weighted by atomic mass is 9.96. The Balaban J connectivity index is 1.80. The number of hydrogen-bond acceptors (Lipinski definition) is 3. The standard InChI is InChI=1S/C11H20BrNO3S/c12-9-3-5-10(6-4-9)13-17(14,15)8-11-2-1-7-16-11/h9-11,13H,1-8H2. The largest absolute Gasteiger partial charge is 0.377 e. The maximum atomic E-state index is 11.9. The molecule has 17 heavy (non-hydrogen) atoms. The van der Waals surface area contributed by atoms with Crippen molar-refractivity contribution in [1.82, 2.24) is 4.72 Å². The summed E-state index contributed by atoms with van der Waals surface area (Å²) in [6, 6.07) is 0.121. The van der Waals surface area contributed by atoms with E-state index in [-0.39, 0.29) is 17.9 Å². The van der Waals surface area contributed by atoms with E-state index >= 15 is 0 Å². The Bertz CT molecular complexity index is 333. The first-order chi connectivity index (χ1) is 8.05. The Morgan fingerprint density at radius 3 is 2.47 bits per heavy atom. The van der Waals surface area contributed by atoms with Crippen molar-refractivity contribution in [1.29, 1.82) is 0 Å². The van der Waals surface area contributed by atoms with E-state index in [0.29, 0.717) is 11.4 Å². The molecule has 2 rings (SSSR count). The highest BCUT2D eigenvalue weighted by molar-refractivity contribution is 9.09. The number of ether oxygens (including phenoxy) is 1. The summed E-state index contributed by atoms with van der Waals surface area (Å²) in [5.41, 5.74) is 0. The van der Waals surface area contributed by atoms with Crippen LogP contribution in [-0.2, 0) is 14.8 Å². The van der Waals surface area contributed by atoms with Gasteiger partial charge in [0, 0.05) is 17.5 Å². The van der Waals surface area contributed by atoms with E-state index in [9.17, 15) is 8.42 Å². The molecule has 0 bridgehead atoms. The fraction of sp³-hybridized carbons (Fsp3) is 1.00. The summed E-state index contributed by atoms with van der Waals surface area (Å²) in [6.07, 6.45) is 5.71. The lowest BCUT2D eigenvalue weighted by Crippen LogP contribution is -2.41. The van der Waals surface area contributed by atoms with Gasteiger partial charge in [-0.15, -0.1) is 0 Å². The Morgan fingerprint density at radius 2 is 1.88 bits per heavy atom. The zero-order chi connectivity index (χ0) is 12.3. The van der Waals surface area contributed by atoms with Crippen LogP contribution in [0.2, 0.25) is 0 Å². The first kappa shape index (κ1) is 13.8. The minimum atomic E-state index is -3.17.